The van der Waals surface area contributed by atoms with Gasteiger partial charge in [-0.15, -0.1) is 0 Å². The first-order valence-electron chi connectivity index (χ1n) is 4.40. The second kappa shape index (κ2) is 7.09. The molecule has 0 fully saturated rings. The molecule has 0 spiro atoms. The van der Waals surface area contributed by atoms with E-state index in [1.54, 1.807) is 0 Å². The van der Waals surface area contributed by atoms with E-state index in [0.29, 0.717) is 0 Å². The van der Waals surface area contributed by atoms with Gasteiger partial charge in [0.1, 0.15) is 0 Å². The SMILES string of the molecule is CC(=O)O.CN(C)Cc1ccccc1. The first kappa shape index (κ1) is 12.7. The number of benzene rings is 1. The maximum Gasteiger partial charge on any atom is 0.300 e. The lowest BCUT2D eigenvalue weighted by molar-refractivity contribution is -0.134. The van der Waals surface area contributed by atoms with Crippen LogP contribution in [0, 0.1) is 0 Å². The topological polar surface area (TPSA) is 40.5 Å². The monoisotopic (exact) mass is 195 g/mol. The van der Waals surface area contributed by atoms with E-state index in [1.807, 2.05) is 6.07 Å². The summed E-state index contributed by atoms with van der Waals surface area (Å²) >= 11 is 0. The molecular weight excluding hydrogens is 178 g/mol. The van der Waals surface area contributed by atoms with Crippen LogP contribution >= 0.6 is 0 Å². The van der Waals surface area contributed by atoms with Gasteiger partial charge in [0.25, 0.3) is 5.97 Å². The standard InChI is InChI=1S/C9H13N.C2H4O2/c1-10(2)8-9-6-4-3-5-7-9;1-2(3)4/h3-7H,8H2,1-2H3;1H3,(H,3,4). The normalized spacial score (nSPS) is 9.14. The maximum absolute atomic E-state index is 9.00. The zero-order valence-corrected chi connectivity index (χ0v) is 8.90. The van der Waals surface area contributed by atoms with Crippen molar-refractivity contribution in [3.63, 3.8) is 0 Å². The first-order chi connectivity index (χ1) is 6.52. The number of hydrogen-bond acceptors (Lipinski definition) is 2. The lowest BCUT2D eigenvalue weighted by atomic mass is 10.2. The average molecular weight is 195 g/mol. The van der Waals surface area contributed by atoms with Gasteiger partial charge in [-0.3, -0.25) is 4.79 Å². The predicted molar refractivity (Wildman–Crippen MR) is 57.1 cm³/mol. The zero-order chi connectivity index (χ0) is 11.0. The molecule has 0 saturated carbocycles. The predicted octanol–water partition coefficient (Wildman–Crippen LogP) is 1.84. The van der Waals surface area contributed by atoms with Gasteiger partial charge < -0.3 is 10.0 Å². The molecule has 1 rings (SSSR count). The molecule has 0 aliphatic heterocycles. The molecule has 0 saturated heterocycles. The van der Waals surface area contributed by atoms with Gasteiger partial charge in [0.2, 0.25) is 0 Å². The third-order valence-electron chi connectivity index (χ3n) is 1.34. The van der Waals surface area contributed by atoms with Crippen LogP contribution in [0.2, 0.25) is 0 Å². The molecular formula is C11H17NO2. The summed E-state index contributed by atoms with van der Waals surface area (Å²) in [5.74, 6) is -0.833. The van der Waals surface area contributed by atoms with Crippen LogP contribution in [-0.4, -0.2) is 30.1 Å². The molecule has 0 aromatic heterocycles. The Morgan fingerprint density at radius 1 is 1.29 bits per heavy atom. The third kappa shape index (κ3) is 8.74. The number of rotatable bonds is 2. The van der Waals surface area contributed by atoms with E-state index in [2.05, 4.69) is 43.3 Å². The Morgan fingerprint density at radius 3 is 2.07 bits per heavy atom. The molecule has 3 heteroatoms. The Kier molecular flexibility index (Phi) is 6.41. The van der Waals surface area contributed by atoms with Crippen LogP contribution in [-0.2, 0) is 11.3 Å². The molecule has 0 heterocycles. The van der Waals surface area contributed by atoms with Crippen molar-refractivity contribution in [3.8, 4) is 0 Å². The number of aliphatic carboxylic acids is 1. The molecule has 3 nitrogen and oxygen atoms in total. The summed E-state index contributed by atoms with van der Waals surface area (Å²) in [7, 11) is 4.15. The van der Waals surface area contributed by atoms with Gasteiger partial charge in [0.05, 0.1) is 0 Å². The third-order valence-corrected chi connectivity index (χ3v) is 1.34. The summed E-state index contributed by atoms with van der Waals surface area (Å²) in [5.41, 5.74) is 1.37. The molecule has 0 aliphatic carbocycles. The first-order valence-corrected chi connectivity index (χ1v) is 4.40. The Morgan fingerprint density at radius 2 is 1.71 bits per heavy atom. The van der Waals surface area contributed by atoms with Crippen LogP contribution in [0.15, 0.2) is 30.3 Å². The highest BCUT2D eigenvalue weighted by Crippen LogP contribution is 1.99. The highest BCUT2D eigenvalue weighted by molar-refractivity contribution is 5.62. The molecule has 0 amide bonds. The van der Waals surface area contributed by atoms with E-state index in [0.717, 1.165) is 13.5 Å². The quantitative estimate of drug-likeness (QED) is 0.782. The van der Waals surface area contributed by atoms with Crippen LogP contribution < -0.4 is 0 Å². The van der Waals surface area contributed by atoms with Gasteiger partial charge in [-0.2, -0.15) is 0 Å². The Labute approximate surface area is 85.0 Å². The van der Waals surface area contributed by atoms with Gasteiger partial charge in [0, 0.05) is 13.5 Å². The number of carboxylic acid groups (broad SMARTS) is 1. The second-order valence-electron chi connectivity index (χ2n) is 3.24. The minimum Gasteiger partial charge on any atom is -0.481 e. The fourth-order valence-electron chi connectivity index (χ4n) is 0.949. The number of hydrogen-bond donors (Lipinski definition) is 1. The molecule has 1 aromatic carbocycles. The van der Waals surface area contributed by atoms with E-state index in [9.17, 15) is 0 Å². The summed E-state index contributed by atoms with van der Waals surface area (Å²) in [6, 6.07) is 10.5. The van der Waals surface area contributed by atoms with Crippen LogP contribution in [0.4, 0.5) is 0 Å². The second-order valence-corrected chi connectivity index (χ2v) is 3.24. The average Bonchev–Trinajstić information content (AvgIpc) is 2.03. The van der Waals surface area contributed by atoms with Crippen molar-refractivity contribution in [2.75, 3.05) is 14.1 Å². The molecule has 1 aromatic rings. The lowest BCUT2D eigenvalue weighted by Gasteiger charge is -2.08. The molecule has 0 bridgehead atoms. The number of nitrogens with zero attached hydrogens (tertiary/aromatic N) is 1. The van der Waals surface area contributed by atoms with Gasteiger partial charge in [0.15, 0.2) is 0 Å². The van der Waals surface area contributed by atoms with Crippen LogP contribution in [0.3, 0.4) is 0 Å². The molecule has 78 valence electrons. The summed E-state index contributed by atoms with van der Waals surface area (Å²) in [4.78, 5) is 11.2. The highest BCUT2D eigenvalue weighted by Gasteiger charge is 1.90. The van der Waals surface area contributed by atoms with E-state index < -0.39 is 5.97 Å². The summed E-state index contributed by atoms with van der Waals surface area (Å²) < 4.78 is 0. The molecule has 1 N–H and O–H groups in total. The van der Waals surface area contributed by atoms with Gasteiger partial charge in [-0.05, 0) is 19.7 Å². The molecule has 0 unspecified atom stereocenters. The largest absolute Gasteiger partial charge is 0.481 e. The zero-order valence-electron chi connectivity index (χ0n) is 8.90. The van der Waals surface area contributed by atoms with Crippen molar-refractivity contribution in [2.45, 2.75) is 13.5 Å². The minimum absolute atomic E-state index is 0.833. The Bertz CT molecular complexity index is 253. The van der Waals surface area contributed by atoms with Crippen molar-refractivity contribution in [2.24, 2.45) is 0 Å². The summed E-state index contributed by atoms with van der Waals surface area (Å²) in [6.07, 6.45) is 0. The Balaban J connectivity index is 0.000000364. The fourth-order valence-corrected chi connectivity index (χ4v) is 0.949. The van der Waals surface area contributed by atoms with Crippen molar-refractivity contribution in [1.82, 2.24) is 4.90 Å². The fraction of sp³-hybridized carbons (Fsp3) is 0.364. The van der Waals surface area contributed by atoms with Gasteiger partial charge in [-0.1, -0.05) is 30.3 Å². The molecule has 0 atom stereocenters. The van der Waals surface area contributed by atoms with Crippen molar-refractivity contribution in [1.29, 1.82) is 0 Å². The minimum atomic E-state index is -0.833. The van der Waals surface area contributed by atoms with E-state index in [4.69, 9.17) is 9.90 Å². The number of carboxylic acids is 1. The highest BCUT2D eigenvalue weighted by atomic mass is 16.4. The van der Waals surface area contributed by atoms with Crippen molar-refractivity contribution in [3.05, 3.63) is 35.9 Å². The molecule has 14 heavy (non-hydrogen) atoms. The molecule has 0 aliphatic rings. The number of carbonyl (C=O) groups is 1. The van der Waals surface area contributed by atoms with E-state index >= 15 is 0 Å². The summed E-state index contributed by atoms with van der Waals surface area (Å²) in [5, 5.41) is 7.42. The van der Waals surface area contributed by atoms with Crippen LogP contribution in [0.25, 0.3) is 0 Å². The van der Waals surface area contributed by atoms with E-state index in [-0.39, 0.29) is 0 Å². The van der Waals surface area contributed by atoms with Crippen LogP contribution in [0.1, 0.15) is 12.5 Å². The van der Waals surface area contributed by atoms with E-state index in [1.165, 1.54) is 5.56 Å². The maximum atomic E-state index is 9.00. The summed E-state index contributed by atoms with van der Waals surface area (Å²) in [6.45, 7) is 2.11. The smallest absolute Gasteiger partial charge is 0.300 e. The van der Waals surface area contributed by atoms with Crippen LogP contribution in [0.5, 0.6) is 0 Å². The van der Waals surface area contributed by atoms with Gasteiger partial charge in [-0.25, -0.2) is 0 Å². The van der Waals surface area contributed by atoms with Crippen molar-refractivity contribution < 1.29 is 9.90 Å². The lowest BCUT2D eigenvalue weighted by Crippen LogP contribution is -2.10. The van der Waals surface area contributed by atoms with Gasteiger partial charge >= 0.3 is 0 Å². The molecule has 0 radical (unpaired) electrons. The Hall–Kier alpha value is -1.35. The van der Waals surface area contributed by atoms with Crippen molar-refractivity contribution >= 4 is 5.97 Å².